The molecule has 0 aliphatic rings. The minimum absolute atomic E-state index is 0.626. The van der Waals surface area contributed by atoms with Gasteiger partial charge in [0, 0.05) is 10.9 Å². The number of hydrogen-bond acceptors (Lipinski definition) is 1. The summed E-state index contributed by atoms with van der Waals surface area (Å²) in [5, 5.41) is 10.9. The van der Waals surface area contributed by atoms with E-state index in [1.807, 2.05) is 31.2 Å². The standard InChI is InChI=1S/C18H21BrO/c1-12-8-13(2)17(14(3)9-12)11-18(4,20)15-6-5-7-16(19)10-15/h5-10,20H,11H2,1-4H3. The lowest BCUT2D eigenvalue weighted by atomic mass is 9.85. The van der Waals surface area contributed by atoms with Gasteiger partial charge < -0.3 is 5.11 Å². The topological polar surface area (TPSA) is 20.2 Å². The average molecular weight is 333 g/mol. The maximum Gasteiger partial charge on any atom is 0.0909 e. The Balaban J connectivity index is 2.38. The van der Waals surface area contributed by atoms with Crippen molar-refractivity contribution in [2.75, 3.05) is 0 Å². The zero-order valence-corrected chi connectivity index (χ0v) is 14.1. The lowest BCUT2D eigenvalue weighted by Crippen LogP contribution is -2.25. The first-order valence-electron chi connectivity index (χ1n) is 6.85. The average Bonchev–Trinajstić information content (AvgIpc) is 2.34. The third-order valence-corrected chi connectivity index (χ3v) is 4.30. The summed E-state index contributed by atoms with van der Waals surface area (Å²) in [5.41, 5.74) is 5.07. The second kappa shape index (κ2) is 5.71. The normalized spacial score (nSPS) is 14.1. The van der Waals surface area contributed by atoms with Gasteiger partial charge in [-0.05, 0) is 62.1 Å². The zero-order chi connectivity index (χ0) is 14.9. The van der Waals surface area contributed by atoms with Crippen LogP contribution in [0.5, 0.6) is 0 Å². The maximum absolute atomic E-state index is 10.9. The molecule has 0 amide bonds. The van der Waals surface area contributed by atoms with E-state index in [-0.39, 0.29) is 0 Å². The van der Waals surface area contributed by atoms with Crippen LogP contribution in [0.25, 0.3) is 0 Å². The Labute approximate surface area is 129 Å². The summed E-state index contributed by atoms with van der Waals surface area (Å²) >= 11 is 3.47. The van der Waals surface area contributed by atoms with Gasteiger partial charge in [-0.15, -0.1) is 0 Å². The highest BCUT2D eigenvalue weighted by Gasteiger charge is 2.25. The molecule has 2 heteroatoms. The predicted octanol–water partition coefficient (Wildman–Crippen LogP) is 4.82. The fourth-order valence-electron chi connectivity index (χ4n) is 2.76. The van der Waals surface area contributed by atoms with Gasteiger partial charge in [0.2, 0.25) is 0 Å². The molecule has 2 aromatic carbocycles. The zero-order valence-electron chi connectivity index (χ0n) is 12.5. The molecule has 1 unspecified atom stereocenters. The van der Waals surface area contributed by atoms with E-state index in [2.05, 4.69) is 48.8 Å². The minimum atomic E-state index is -0.867. The van der Waals surface area contributed by atoms with Crippen LogP contribution in [-0.4, -0.2) is 5.11 Å². The van der Waals surface area contributed by atoms with Gasteiger partial charge in [0.15, 0.2) is 0 Å². The van der Waals surface area contributed by atoms with Gasteiger partial charge in [0.1, 0.15) is 0 Å². The smallest absolute Gasteiger partial charge is 0.0909 e. The van der Waals surface area contributed by atoms with Gasteiger partial charge in [0.05, 0.1) is 5.60 Å². The third-order valence-electron chi connectivity index (χ3n) is 3.81. The van der Waals surface area contributed by atoms with Crippen LogP contribution in [-0.2, 0) is 12.0 Å². The Morgan fingerprint density at radius 2 is 1.65 bits per heavy atom. The molecule has 0 spiro atoms. The summed E-state index contributed by atoms with van der Waals surface area (Å²) in [6.45, 7) is 8.22. The van der Waals surface area contributed by atoms with Crippen LogP contribution in [0.15, 0.2) is 40.9 Å². The molecule has 1 nitrogen and oxygen atoms in total. The first-order chi connectivity index (χ1) is 9.29. The number of halogens is 1. The highest BCUT2D eigenvalue weighted by atomic mass is 79.9. The molecule has 2 rings (SSSR count). The van der Waals surface area contributed by atoms with Crippen LogP contribution in [0.3, 0.4) is 0 Å². The van der Waals surface area contributed by atoms with E-state index < -0.39 is 5.60 Å². The van der Waals surface area contributed by atoms with Gasteiger partial charge in [-0.3, -0.25) is 0 Å². The highest BCUT2D eigenvalue weighted by molar-refractivity contribution is 9.10. The molecule has 1 atom stereocenters. The molecule has 0 fully saturated rings. The number of benzene rings is 2. The van der Waals surface area contributed by atoms with Gasteiger partial charge in [-0.25, -0.2) is 0 Å². The van der Waals surface area contributed by atoms with Crippen LogP contribution in [0.1, 0.15) is 34.7 Å². The number of aliphatic hydroxyl groups is 1. The summed E-state index contributed by atoms with van der Waals surface area (Å²) in [6.07, 6.45) is 0.626. The summed E-state index contributed by atoms with van der Waals surface area (Å²) in [4.78, 5) is 0. The molecule has 0 radical (unpaired) electrons. The van der Waals surface area contributed by atoms with E-state index in [0.29, 0.717) is 6.42 Å². The Bertz CT molecular complexity index is 606. The molecule has 0 aromatic heterocycles. The minimum Gasteiger partial charge on any atom is -0.385 e. The van der Waals surface area contributed by atoms with Gasteiger partial charge in [-0.1, -0.05) is 45.8 Å². The van der Waals surface area contributed by atoms with Crippen LogP contribution in [0.4, 0.5) is 0 Å². The van der Waals surface area contributed by atoms with E-state index in [0.717, 1.165) is 10.0 Å². The molecule has 106 valence electrons. The molecular weight excluding hydrogens is 312 g/mol. The van der Waals surface area contributed by atoms with E-state index in [4.69, 9.17) is 0 Å². The van der Waals surface area contributed by atoms with Crippen molar-refractivity contribution >= 4 is 15.9 Å². The third kappa shape index (κ3) is 3.31. The van der Waals surface area contributed by atoms with Crippen molar-refractivity contribution in [2.45, 2.75) is 39.7 Å². The second-order valence-corrected chi connectivity index (χ2v) is 6.75. The summed E-state index contributed by atoms with van der Waals surface area (Å²) in [6, 6.07) is 12.3. The van der Waals surface area contributed by atoms with Crippen molar-refractivity contribution in [1.29, 1.82) is 0 Å². The van der Waals surface area contributed by atoms with E-state index in [1.54, 1.807) is 0 Å². The SMILES string of the molecule is Cc1cc(C)c(CC(C)(O)c2cccc(Br)c2)c(C)c1. The number of rotatable bonds is 3. The van der Waals surface area contributed by atoms with Gasteiger partial charge >= 0.3 is 0 Å². The Hall–Kier alpha value is -1.12. The van der Waals surface area contributed by atoms with E-state index in [9.17, 15) is 5.11 Å². The second-order valence-electron chi connectivity index (χ2n) is 5.84. The molecule has 0 saturated carbocycles. The number of aryl methyl sites for hydroxylation is 3. The first-order valence-corrected chi connectivity index (χ1v) is 7.64. The van der Waals surface area contributed by atoms with E-state index in [1.165, 1.54) is 22.3 Å². The quantitative estimate of drug-likeness (QED) is 0.853. The lowest BCUT2D eigenvalue weighted by Gasteiger charge is -2.26. The van der Waals surface area contributed by atoms with Crippen molar-refractivity contribution in [2.24, 2.45) is 0 Å². The molecule has 0 aliphatic heterocycles. The highest BCUT2D eigenvalue weighted by Crippen LogP contribution is 2.30. The molecule has 1 N–H and O–H groups in total. The summed E-state index contributed by atoms with van der Waals surface area (Å²) in [5.74, 6) is 0. The Morgan fingerprint density at radius 1 is 1.05 bits per heavy atom. The van der Waals surface area contributed by atoms with Crippen molar-refractivity contribution < 1.29 is 5.11 Å². The molecule has 0 aliphatic carbocycles. The van der Waals surface area contributed by atoms with Crippen LogP contribution in [0.2, 0.25) is 0 Å². The predicted molar refractivity (Wildman–Crippen MR) is 88.1 cm³/mol. The van der Waals surface area contributed by atoms with Gasteiger partial charge in [0.25, 0.3) is 0 Å². The van der Waals surface area contributed by atoms with E-state index >= 15 is 0 Å². The molecule has 0 saturated heterocycles. The fourth-order valence-corrected chi connectivity index (χ4v) is 3.16. The molecular formula is C18H21BrO. The van der Waals surface area contributed by atoms with Crippen molar-refractivity contribution in [3.05, 3.63) is 68.7 Å². The molecule has 0 heterocycles. The molecule has 0 bridgehead atoms. The monoisotopic (exact) mass is 332 g/mol. The molecule has 2 aromatic rings. The Morgan fingerprint density at radius 3 is 2.20 bits per heavy atom. The van der Waals surface area contributed by atoms with Crippen molar-refractivity contribution in [3.8, 4) is 0 Å². The molecule has 20 heavy (non-hydrogen) atoms. The summed E-state index contributed by atoms with van der Waals surface area (Å²) in [7, 11) is 0. The van der Waals surface area contributed by atoms with Crippen LogP contribution >= 0.6 is 15.9 Å². The van der Waals surface area contributed by atoms with Crippen molar-refractivity contribution in [3.63, 3.8) is 0 Å². The largest absolute Gasteiger partial charge is 0.385 e. The van der Waals surface area contributed by atoms with Crippen molar-refractivity contribution in [1.82, 2.24) is 0 Å². The van der Waals surface area contributed by atoms with Gasteiger partial charge in [-0.2, -0.15) is 0 Å². The summed E-state index contributed by atoms with van der Waals surface area (Å²) < 4.78 is 0.993. The van der Waals surface area contributed by atoms with Crippen LogP contribution < -0.4 is 0 Å². The number of hydrogen-bond donors (Lipinski definition) is 1. The fraction of sp³-hybridized carbons (Fsp3) is 0.333. The first kappa shape index (κ1) is 15.3. The van der Waals surface area contributed by atoms with Crippen LogP contribution in [0, 0.1) is 20.8 Å². The maximum atomic E-state index is 10.9. The lowest BCUT2D eigenvalue weighted by molar-refractivity contribution is 0.0572. The Kier molecular flexibility index (Phi) is 4.36.